The SMILES string of the molecule is [2H]C([2H])([2H])c1c(OCCCOC)ccnc1CS(=O)c1nc2ccccc2[nH]1. The normalized spacial score (nSPS) is 14.7. The van der Waals surface area contributed by atoms with Gasteiger partial charge in [0.2, 0.25) is 0 Å². The maximum absolute atomic E-state index is 12.8. The Balaban J connectivity index is 1.86. The van der Waals surface area contributed by atoms with Crippen molar-refractivity contribution in [2.45, 2.75) is 24.2 Å². The van der Waals surface area contributed by atoms with Gasteiger partial charge < -0.3 is 14.5 Å². The average Bonchev–Trinajstić information content (AvgIpc) is 3.09. The number of rotatable bonds is 8. The fourth-order valence-corrected chi connectivity index (χ4v) is 3.36. The lowest BCUT2D eigenvalue weighted by molar-refractivity contribution is 0.172. The molecule has 2 heterocycles. The molecule has 0 radical (unpaired) electrons. The number of pyridine rings is 1. The highest BCUT2D eigenvalue weighted by Crippen LogP contribution is 2.22. The first-order valence-electron chi connectivity index (χ1n) is 9.33. The molecule has 0 spiro atoms. The quantitative estimate of drug-likeness (QED) is 0.623. The van der Waals surface area contributed by atoms with E-state index in [0.29, 0.717) is 25.2 Å². The fourth-order valence-electron chi connectivity index (χ4n) is 2.33. The lowest BCUT2D eigenvalue weighted by Crippen LogP contribution is -2.06. The second kappa shape index (κ2) is 8.22. The van der Waals surface area contributed by atoms with Crippen molar-refractivity contribution in [1.29, 1.82) is 0 Å². The molecular weight excluding hydrogens is 338 g/mol. The summed E-state index contributed by atoms with van der Waals surface area (Å²) >= 11 is 0. The summed E-state index contributed by atoms with van der Waals surface area (Å²) in [6.07, 6.45) is 2.09. The fraction of sp³-hybridized carbons (Fsp3) is 0.333. The Morgan fingerprint density at radius 1 is 1.28 bits per heavy atom. The first-order chi connectivity index (χ1) is 13.4. The van der Waals surface area contributed by atoms with E-state index >= 15 is 0 Å². The van der Waals surface area contributed by atoms with E-state index in [1.807, 2.05) is 24.3 Å². The molecule has 132 valence electrons. The number of H-pyrrole nitrogens is 1. The number of nitrogens with one attached hydrogen (secondary N) is 1. The van der Waals surface area contributed by atoms with Gasteiger partial charge in [0.15, 0.2) is 5.16 Å². The van der Waals surface area contributed by atoms with E-state index in [1.165, 1.54) is 12.3 Å². The zero-order valence-corrected chi connectivity index (χ0v) is 14.6. The summed E-state index contributed by atoms with van der Waals surface area (Å²) in [5, 5.41) is 0.283. The third kappa shape index (κ3) is 4.24. The molecule has 7 heteroatoms. The molecular formula is C18H21N3O3S. The number of nitrogens with zero attached hydrogens (tertiary/aromatic N) is 2. The van der Waals surface area contributed by atoms with E-state index in [4.69, 9.17) is 13.6 Å². The zero-order chi connectivity index (χ0) is 20.1. The molecule has 1 N–H and O–H groups in total. The first kappa shape index (κ1) is 14.0. The number of methoxy groups -OCH3 is 1. The van der Waals surface area contributed by atoms with Crippen LogP contribution in [0.25, 0.3) is 11.0 Å². The molecule has 0 amide bonds. The van der Waals surface area contributed by atoms with Gasteiger partial charge in [-0.25, -0.2) is 4.98 Å². The van der Waals surface area contributed by atoms with Crippen molar-refractivity contribution in [3.05, 3.63) is 47.8 Å². The van der Waals surface area contributed by atoms with Gasteiger partial charge in [-0.2, -0.15) is 0 Å². The lowest BCUT2D eigenvalue weighted by atomic mass is 10.2. The minimum absolute atomic E-state index is 0.0168. The molecule has 0 saturated heterocycles. The molecule has 6 nitrogen and oxygen atoms in total. The maximum atomic E-state index is 12.8. The van der Waals surface area contributed by atoms with Gasteiger partial charge in [0.05, 0.1) is 39.9 Å². The van der Waals surface area contributed by atoms with Crippen molar-refractivity contribution >= 4 is 21.8 Å². The van der Waals surface area contributed by atoms with Crippen LogP contribution >= 0.6 is 0 Å². The van der Waals surface area contributed by atoms with Crippen molar-refractivity contribution in [1.82, 2.24) is 15.0 Å². The monoisotopic (exact) mass is 362 g/mol. The van der Waals surface area contributed by atoms with Crippen LogP contribution in [0.1, 0.15) is 21.8 Å². The zero-order valence-electron chi connectivity index (χ0n) is 16.8. The van der Waals surface area contributed by atoms with Gasteiger partial charge in [-0.15, -0.1) is 0 Å². The van der Waals surface area contributed by atoms with Gasteiger partial charge >= 0.3 is 0 Å². The first-order valence-corrected chi connectivity index (χ1v) is 9.15. The summed E-state index contributed by atoms with van der Waals surface area (Å²) in [6, 6.07) is 8.86. The lowest BCUT2D eigenvalue weighted by Gasteiger charge is -2.11. The minimum atomic E-state index is -2.45. The van der Waals surface area contributed by atoms with Crippen LogP contribution in [0.3, 0.4) is 0 Å². The number of hydrogen-bond acceptors (Lipinski definition) is 5. The summed E-state index contributed by atoms with van der Waals surface area (Å²) in [6.45, 7) is -1.62. The Bertz CT molecular complexity index is 942. The second-order valence-corrected chi connectivity index (χ2v) is 6.74. The van der Waals surface area contributed by atoms with Crippen molar-refractivity contribution < 1.29 is 17.8 Å². The Morgan fingerprint density at radius 3 is 2.96 bits per heavy atom. The number of fused-ring (bicyclic) bond motifs is 1. The Hall–Kier alpha value is -2.25. The van der Waals surface area contributed by atoms with Crippen LogP contribution in [-0.4, -0.2) is 39.5 Å². The van der Waals surface area contributed by atoms with Crippen LogP contribution in [0.5, 0.6) is 5.75 Å². The average molecular weight is 362 g/mol. The van der Waals surface area contributed by atoms with Gasteiger partial charge in [0.1, 0.15) is 5.75 Å². The second-order valence-electron chi connectivity index (χ2n) is 5.37. The number of benzene rings is 1. The van der Waals surface area contributed by atoms with E-state index in [0.717, 1.165) is 5.52 Å². The summed E-state index contributed by atoms with van der Waals surface area (Å²) < 4.78 is 47.0. The van der Waals surface area contributed by atoms with E-state index in [1.54, 1.807) is 7.11 Å². The van der Waals surface area contributed by atoms with Crippen LogP contribution < -0.4 is 4.74 Å². The third-order valence-electron chi connectivity index (χ3n) is 3.59. The molecule has 1 atom stereocenters. The molecule has 2 aromatic heterocycles. The van der Waals surface area contributed by atoms with Crippen LogP contribution in [0, 0.1) is 6.85 Å². The minimum Gasteiger partial charge on any atom is -0.493 e. The number of aromatic nitrogens is 3. The van der Waals surface area contributed by atoms with Crippen molar-refractivity contribution in [3.8, 4) is 5.75 Å². The smallest absolute Gasteiger partial charge is 0.197 e. The maximum Gasteiger partial charge on any atom is 0.197 e. The van der Waals surface area contributed by atoms with E-state index in [2.05, 4.69) is 15.0 Å². The predicted molar refractivity (Wildman–Crippen MR) is 97.2 cm³/mol. The summed E-state index contributed by atoms with van der Waals surface area (Å²) in [5.74, 6) is 0.144. The molecule has 1 unspecified atom stereocenters. The highest BCUT2D eigenvalue weighted by atomic mass is 32.2. The standard InChI is InChI=1S/C18H21N3O3S/c1-13-16(19-9-8-17(13)24-11-5-10-23-2)12-25(22)18-20-14-6-3-4-7-15(14)21-18/h3-4,6-9H,5,10-12H2,1-2H3,(H,20,21)/i1D3. The van der Waals surface area contributed by atoms with Crippen LogP contribution in [0.4, 0.5) is 0 Å². The van der Waals surface area contributed by atoms with E-state index < -0.39 is 17.7 Å². The van der Waals surface area contributed by atoms with Gasteiger partial charge in [-0.1, -0.05) is 12.1 Å². The number of imidazole rings is 1. The number of aromatic amines is 1. The largest absolute Gasteiger partial charge is 0.493 e. The molecule has 25 heavy (non-hydrogen) atoms. The summed E-state index contributed by atoms with van der Waals surface area (Å²) in [4.78, 5) is 11.5. The summed E-state index contributed by atoms with van der Waals surface area (Å²) in [7, 11) is 0.00519. The highest BCUT2D eigenvalue weighted by molar-refractivity contribution is 7.84. The van der Waals surface area contributed by atoms with E-state index in [9.17, 15) is 4.21 Å². The molecule has 0 fully saturated rings. The van der Waals surface area contributed by atoms with Crippen molar-refractivity contribution in [2.75, 3.05) is 20.3 Å². The van der Waals surface area contributed by atoms with Crippen molar-refractivity contribution in [2.24, 2.45) is 0 Å². The Labute approximate surface area is 153 Å². The predicted octanol–water partition coefficient (Wildman–Crippen LogP) is 2.99. The van der Waals surface area contributed by atoms with Gasteiger partial charge in [0, 0.05) is 36.0 Å². The molecule has 0 saturated carbocycles. The molecule has 3 aromatic rings. The molecule has 3 rings (SSSR count). The van der Waals surface area contributed by atoms with Crippen LogP contribution in [0.2, 0.25) is 0 Å². The molecule has 1 aromatic carbocycles. The van der Waals surface area contributed by atoms with Crippen molar-refractivity contribution in [3.63, 3.8) is 0 Å². The molecule has 0 aliphatic carbocycles. The topological polar surface area (TPSA) is 77.1 Å². The summed E-state index contributed by atoms with van der Waals surface area (Å²) in [5.41, 5.74) is 1.66. The third-order valence-corrected chi connectivity index (χ3v) is 4.75. The number of para-hydroxylation sites is 2. The highest BCUT2D eigenvalue weighted by Gasteiger charge is 2.14. The Kier molecular flexibility index (Phi) is 4.60. The van der Waals surface area contributed by atoms with Crippen LogP contribution in [0.15, 0.2) is 41.7 Å². The van der Waals surface area contributed by atoms with E-state index in [-0.39, 0.29) is 27.9 Å². The number of hydrogen-bond donors (Lipinski definition) is 1. The molecule has 0 bridgehead atoms. The van der Waals surface area contributed by atoms with Gasteiger partial charge in [-0.05, 0) is 25.1 Å². The van der Waals surface area contributed by atoms with Crippen LogP contribution in [-0.2, 0) is 21.3 Å². The van der Waals surface area contributed by atoms with Gasteiger partial charge in [-0.3, -0.25) is 9.19 Å². The van der Waals surface area contributed by atoms with Gasteiger partial charge in [0.25, 0.3) is 0 Å². The molecule has 0 aliphatic rings. The Morgan fingerprint density at radius 2 is 2.16 bits per heavy atom. The molecule has 0 aliphatic heterocycles. The number of ether oxygens (including phenoxy) is 2.